The van der Waals surface area contributed by atoms with Gasteiger partial charge in [0.2, 0.25) is 5.91 Å². The smallest absolute Gasteiger partial charge is 0.328 e. The Bertz CT molecular complexity index is 850. The summed E-state index contributed by atoms with van der Waals surface area (Å²) in [6.07, 6.45) is 1.53. The van der Waals surface area contributed by atoms with Crippen molar-refractivity contribution >= 4 is 17.3 Å². The van der Waals surface area contributed by atoms with Gasteiger partial charge in [0.1, 0.15) is 0 Å². The van der Waals surface area contributed by atoms with Crippen molar-refractivity contribution in [3.63, 3.8) is 0 Å². The fraction of sp³-hybridized carbons (Fsp3) is 0.389. The highest BCUT2D eigenvalue weighted by molar-refractivity contribution is 5.91. The molecule has 1 aromatic carbocycles. The van der Waals surface area contributed by atoms with Crippen LogP contribution < -0.4 is 21.5 Å². The van der Waals surface area contributed by atoms with Crippen molar-refractivity contribution in [1.29, 1.82) is 0 Å². The lowest BCUT2D eigenvalue weighted by Crippen LogP contribution is -2.29. The van der Waals surface area contributed by atoms with Gasteiger partial charge in [-0.2, -0.15) is 0 Å². The minimum atomic E-state index is -0.514. The van der Waals surface area contributed by atoms with Crippen LogP contribution in [0.3, 0.4) is 0 Å². The van der Waals surface area contributed by atoms with Gasteiger partial charge in [-0.05, 0) is 44.5 Å². The van der Waals surface area contributed by atoms with E-state index in [1.807, 2.05) is 19.1 Å². The zero-order chi connectivity index (χ0) is 18.4. The summed E-state index contributed by atoms with van der Waals surface area (Å²) in [5.74, 6) is -0.184. The Labute approximate surface area is 146 Å². The molecule has 0 bridgehead atoms. The second-order valence-electron chi connectivity index (χ2n) is 5.77. The van der Waals surface area contributed by atoms with Crippen LogP contribution in [0, 0.1) is 6.92 Å². The largest absolute Gasteiger partial charge is 0.372 e. The van der Waals surface area contributed by atoms with Gasteiger partial charge in [-0.15, -0.1) is 0 Å². The molecule has 0 fully saturated rings. The molecule has 0 saturated heterocycles. The second kappa shape index (κ2) is 8.32. The van der Waals surface area contributed by atoms with Crippen molar-refractivity contribution in [2.45, 2.75) is 33.7 Å². The third-order valence-corrected chi connectivity index (χ3v) is 4.09. The molecule has 0 atom stereocenters. The highest BCUT2D eigenvalue weighted by atomic mass is 16.2. The van der Waals surface area contributed by atoms with Gasteiger partial charge in [0.05, 0.1) is 0 Å². The Balaban J connectivity index is 2.00. The van der Waals surface area contributed by atoms with Crippen molar-refractivity contribution in [2.75, 3.05) is 23.3 Å². The molecule has 0 unspecified atom stereocenters. The molecule has 0 aliphatic rings. The maximum atomic E-state index is 12.1. The number of aryl methyl sites for hydroxylation is 2. The molecule has 0 radical (unpaired) electrons. The van der Waals surface area contributed by atoms with E-state index < -0.39 is 11.2 Å². The first-order valence-corrected chi connectivity index (χ1v) is 8.39. The third kappa shape index (κ3) is 4.82. The number of rotatable bonds is 7. The first-order valence-electron chi connectivity index (χ1n) is 8.39. The summed E-state index contributed by atoms with van der Waals surface area (Å²) in [6.45, 7) is 8.22. The molecule has 2 rings (SSSR count). The van der Waals surface area contributed by atoms with Crippen molar-refractivity contribution < 1.29 is 4.79 Å². The lowest BCUT2D eigenvalue weighted by molar-refractivity contribution is -0.116. The number of benzene rings is 1. The van der Waals surface area contributed by atoms with E-state index in [-0.39, 0.29) is 18.9 Å². The second-order valence-corrected chi connectivity index (χ2v) is 5.77. The van der Waals surface area contributed by atoms with Crippen LogP contribution >= 0.6 is 0 Å². The standard InChI is InChI=1S/C18H24N4O3/c1-4-21(5-2)14-6-7-15(13(3)12-14)19-16(23)8-10-22-11-9-17(24)20-18(22)25/h6-7,9,11-12H,4-5,8,10H2,1-3H3,(H,19,23)(H,20,24,25). The normalized spacial score (nSPS) is 10.5. The molecule has 25 heavy (non-hydrogen) atoms. The zero-order valence-corrected chi connectivity index (χ0v) is 14.8. The highest BCUT2D eigenvalue weighted by Gasteiger charge is 2.08. The monoisotopic (exact) mass is 344 g/mol. The average Bonchev–Trinajstić information content (AvgIpc) is 2.57. The van der Waals surface area contributed by atoms with Crippen LogP contribution in [0.4, 0.5) is 11.4 Å². The van der Waals surface area contributed by atoms with E-state index in [2.05, 4.69) is 35.1 Å². The summed E-state index contributed by atoms with van der Waals surface area (Å²) in [7, 11) is 0. The highest BCUT2D eigenvalue weighted by Crippen LogP contribution is 2.22. The molecule has 0 spiro atoms. The number of nitrogens with one attached hydrogen (secondary N) is 2. The number of nitrogens with zero attached hydrogens (tertiary/aromatic N) is 2. The molecular weight excluding hydrogens is 320 g/mol. The summed E-state index contributed by atoms with van der Waals surface area (Å²) in [5, 5.41) is 2.87. The van der Waals surface area contributed by atoms with Gasteiger partial charge in [0, 0.05) is 49.7 Å². The molecular formula is C18H24N4O3. The summed E-state index contributed by atoms with van der Waals surface area (Å²) < 4.78 is 1.30. The van der Waals surface area contributed by atoms with Crippen molar-refractivity contribution in [3.05, 3.63) is 56.9 Å². The predicted octanol–water partition coefficient (Wildman–Crippen LogP) is 1.72. The number of hydrogen-bond donors (Lipinski definition) is 2. The predicted molar refractivity (Wildman–Crippen MR) is 99.3 cm³/mol. The Morgan fingerprint density at radius 1 is 1.20 bits per heavy atom. The summed E-state index contributed by atoms with van der Waals surface area (Å²) in [4.78, 5) is 39.2. The summed E-state index contributed by atoms with van der Waals surface area (Å²) >= 11 is 0. The Hall–Kier alpha value is -2.83. The number of amides is 1. The topological polar surface area (TPSA) is 87.2 Å². The van der Waals surface area contributed by atoms with Crippen LogP contribution in [-0.4, -0.2) is 28.5 Å². The number of hydrogen-bond acceptors (Lipinski definition) is 4. The SMILES string of the molecule is CCN(CC)c1ccc(NC(=O)CCn2ccc(=O)[nH]c2=O)c(C)c1. The fourth-order valence-corrected chi connectivity index (χ4v) is 2.63. The minimum Gasteiger partial charge on any atom is -0.372 e. The number of anilines is 2. The first kappa shape index (κ1) is 18.5. The molecule has 0 aliphatic carbocycles. The molecule has 7 heteroatoms. The van der Waals surface area contributed by atoms with E-state index in [4.69, 9.17) is 0 Å². The van der Waals surface area contributed by atoms with Gasteiger partial charge in [-0.3, -0.25) is 14.6 Å². The number of aromatic amines is 1. The van der Waals surface area contributed by atoms with Gasteiger partial charge >= 0.3 is 5.69 Å². The van der Waals surface area contributed by atoms with E-state index in [9.17, 15) is 14.4 Å². The molecule has 1 aromatic heterocycles. The van der Waals surface area contributed by atoms with Crippen LogP contribution in [0.15, 0.2) is 40.1 Å². The van der Waals surface area contributed by atoms with Crippen molar-refractivity contribution in [2.24, 2.45) is 0 Å². The number of carbonyl (C=O) groups is 1. The van der Waals surface area contributed by atoms with Crippen LogP contribution in [0.5, 0.6) is 0 Å². The molecule has 0 aliphatic heterocycles. The number of H-pyrrole nitrogens is 1. The van der Waals surface area contributed by atoms with E-state index in [1.165, 1.54) is 16.8 Å². The van der Waals surface area contributed by atoms with Gasteiger partial charge in [0.25, 0.3) is 5.56 Å². The van der Waals surface area contributed by atoms with Crippen LogP contribution in [0.25, 0.3) is 0 Å². The van der Waals surface area contributed by atoms with Crippen LogP contribution in [0.1, 0.15) is 25.8 Å². The molecule has 2 aromatic rings. The van der Waals surface area contributed by atoms with Crippen LogP contribution in [-0.2, 0) is 11.3 Å². The third-order valence-electron chi connectivity index (χ3n) is 4.09. The lowest BCUT2D eigenvalue weighted by atomic mass is 10.1. The van der Waals surface area contributed by atoms with Crippen molar-refractivity contribution in [3.8, 4) is 0 Å². The quantitative estimate of drug-likeness (QED) is 0.801. The molecule has 2 N–H and O–H groups in total. The maximum Gasteiger partial charge on any atom is 0.328 e. The molecule has 1 heterocycles. The molecule has 1 amide bonds. The number of aromatic nitrogens is 2. The van der Waals surface area contributed by atoms with E-state index >= 15 is 0 Å². The van der Waals surface area contributed by atoms with Gasteiger partial charge in [0.15, 0.2) is 0 Å². The Morgan fingerprint density at radius 2 is 1.92 bits per heavy atom. The van der Waals surface area contributed by atoms with Gasteiger partial charge in [-0.25, -0.2) is 4.79 Å². The van der Waals surface area contributed by atoms with Crippen LogP contribution in [0.2, 0.25) is 0 Å². The average molecular weight is 344 g/mol. The zero-order valence-electron chi connectivity index (χ0n) is 14.8. The van der Waals surface area contributed by atoms with Gasteiger partial charge in [-0.1, -0.05) is 0 Å². The Kier molecular flexibility index (Phi) is 6.16. The molecule has 0 saturated carbocycles. The van der Waals surface area contributed by atoms with Gasteiger partial charge < -0.3 is 14.8 Å². The first-order chi connectivity index (χ1) is 11.9. The molecule has 134 valence electrons. The summed E-state index contributed by atoms with van der Waals surface area (Å²) in [5.41, 5.74) is 1.91. The van der Waals surface area contributed by atoms with Crippen molar-refractivity contribution in [1.82, 2.24) is 9.55 Å². The lowest BCUT2D eigenvalue weighted by Gasteiger charge is -2.22. The van der Waals surface area contributed by atoms with E-state index in [1.54, 1.807) is 0 Å². The maximum absolute atomic E-state index is 12.1. The van der Waals surface area contributed by atoms with E-state index in [0.717, 1.165) is 30.0 Å². The minimum absolute atomic E-state index is 0.142. The number of carbonyl (C=O) groups excluding carboxylic acids is 1. The summed E-state index contributed by atoms with van der Waals surface area (Å²) in [6, 6.07) is 7.19. The Morgan fingerprint density at radius 3 is 2.52 bits per heavy atom. The van der Waals surface area contributed by atoms with E-state index in [0.29, 0.717) is 0 Å². The fourth-order valence-electron chi connectivity index (χ4n) is 2.63. The molecule has 7 nitrogen and oxygen atoms in total.